The molecule has 5 rings (SSSR count). The van der Waals surface area contributed by atoms with Crippen LogP contribution in [0.15, 0.2) is 30.3 Å². The summed E-state index contributed by atoms with van der Waals surface area (Å²) in [5.74, 6) is 0. The lowest BCUT2D eigenvalue weighted by Crippen LogP contribution is -2.77. The van der Waals surface area contributed by atoms with Crippen LogP contribution in [0.5, 0.6) is 0 Å². The summed E-state index contributed by atoms with van der Waals surface area (Å²) >= 11 is 0. The van der Waals surface area contributed by atoms with Gasteiger partial charge in [0.25, 0.3) is 6.48 Å². The average molecular weight is 439 g/mol. The van der Waals surface area contributed by atoms with Crippen molar-refractivity contribution in [1.82, 2.24) is 0 Å². The Morgan fingerprint density at radius 1 is 1.03 bits per heavy atom. The Balaban J connectivity index is 1.47. The molecule has 3 saturated heterocycles. The van der Waals surface area contributed by atoms with E-state index in [2.05, 4.69) is 33.9 Å². The van der Waals surface area contributed by atoms with Crippen LogP contribution in [0, 0.1) is 0 Å². The van der Waals surface area contributed by atoms with Crippen LogP contribution >= 0.6 is 0 Å². The van der Waals surface area contributed by atoms with E-state index in [-0.39, 0.29) is 11.6 Å². The summed E-state index contributed by atoms with van der Waals surface area (Å²) in [4.78, 5) is 12.4. The Labute approximate surface area is 177 Å². The molecule has 30 heavy (non-hydrogen) atoms. The van der Waals surface area contributed by atoms with E-state index in [1.54, 1.807) is 0 Å². The fourth-order valence-corrected chi connectivity index (χ4v) is 5.04. The standard InChI is InChI=1S/C21H30O8Si/c1-21(2,3)30(4,5)29-18-15-13(22)14-16(17(18)28-20(26-14)27-15)25-19(23)24-11-12-9-7-6-8-10-12/h6-10,13-18,20,22H,11H2,1-5H3/t13-,14+,15+,16+,17-,18-,20-/m1/s1. The molecule has 0 spiro atoms. The van der Waals surface area contributed by atoms with Crippen molar-refractivity contribution in [2.24, 2.45) is 0 Å². The van der Waals surface area contributed by atoms with Gasteiger partial charge in [-0.3, -0.25) is 0 Å². The van der Waals surface area contributed by atoms with Gasteiger partial charge in [0.2, 0.25) is 0 Å². The Hall–Kier alpha value is -1.49. The monoisotopic (exact) mass is 438 g/mol. The minimum Gasteiger partial charge on any atom is -0.429 e. The molecule has 0 aromatic heterocycles. The van der Waals surface area contributed by atoms with Crippen molar-refractivity contribution in [2.45, 2.75) is 88.6 Å². The zero-order valence-electron chi connectivity index (χ0n) is 17.9. The third kappa shape index (κ3) is 4.02. The van der Waals surface area contributed by atoms with Crippen LogP contribution in [0.2, 0.25) is 18.1 Å². The van der Waals surface area contributed by atoms with Crippen molar-refractivity contribution in [3.8, 4) is 0 Å². The van der Waals surface area contributed by atoms with Crippen molar-refractivity contribution in [2.75, 3.05) is 0 Å². The number of aliphatic hydroxyl groups is 1. The highest BCUT2D eigenvalue weighted by atomic mass is 28.4. The first-order valence-corrected chi connectivity index (χ1v) is 13.2. The van der Waals surface area contributed by atoms with Gasteiger partial charge in [0.1, 0.15) is 37.1 Å². The molecular formula is C21H30O8Si. The minimum atomic E-state index is -2.21. The number of carbonyl (C=O) groups excluding carboxylic acids is 1. The molecule has 4 aliphatic rings. The van der Waals surface area contributed by atoms with Gasteiger partial charge in [-0.25, -0.2) is 4.79 Å². The van der Waals surface area contributed by atoms with E-state index in [0.717, 1.165) is 5.56 Å². The van der Waals surface area contributed by atoms with Crippen LogP contribution < -0.4 is 0 Å². The molecule has 0 unspecified atom stereocenters. The third-order valence-corrected chi connectivity index (χ3v) is 10.9. The number of ether oxygens (including phenoxy) is 5. The maximum absolute atomic E-state index is 12.4. The summed E-state index contributed by atoms with van der Waals surface area (Å²) in [6, 6.07) is 9.32. The molecule has 1 aromatic carbocycles. The van der Waals surface area contributed by atoms with Gasteiger partial charge < -0.3 is 33.2 Å². The predicted molar refractivity (Wildman–Crippen MR) is 108 cm³/mol. The number of rotatable bonds is 5. The van der Waals surface area contributed by atoms with E-state index in [0.29, 0.717) is 0 Å². The van der Waals surface area contributed by atoms with Gasteiger partial charge in [-0.15, -0.1) is 0 Å². The second kappa shape index (κ2) is 7.89. The van der Waals surface area contributed by atoms with Crippen molar-refractivity contribution in [3.63, 3.8) is 0 Å². The van der Waals surface area contributed by atoms with E-state index in [1.807, 2.05) is 30.3 Å². The molecule has 166 valence electrons. The Morgan fingerprint density at radius 2 is 1.63 bits per heavy atom. The van der Waals surface area contributed by atoms with E-state index in [4.69, 9.17) is 28.1 Å². The van der Waals surface area contributed by atoms with E-state index in [9.17, 15) is 9.90 Å². The molecule has 4 bridgehead atoms. The predicted octanol–water partition coefficient (Wildman–Crippen LogP) is 2.94. The lowest BCUT2D eigenvalue weighted by molar-refractivity contribution is -0.479. The fourth-order valence-electron chi connectivity index (χ4n) is 3.74. The largest absolute Gasteiger partial charge is 0.509 e. The Morgan fingerprint density at radius 3 is 2.27 bits per heavy atom. The highest BCUT2D eigenvalue weighted by Crippen LogP contribution is 2.46. The fraction of sp³-hybridized carbons (Fsp3) is 0.667. The number of carbonyl (C=O) groups is 1. The average Bonchev–Trinajstić information content (AvgIpc) is 2.68. The lowest BCUT2D eigenvalue weighted by Gasteiger charge is -2.58. The summed E-state index contributed by atoms with van der Waals surface area (Å²) in [5.41, 5.74) is 0.847. The molecule has 4 fully saturated rings. The maximum atomic E-state index is 12.4. The molecule has 1 aliphatic carbocycles. The van der Waals surface area contributed by atoms with Crippen LogP contribution in [-0.4, -0.2) is 62.7 Å². The van der Waals surface area contributed by atoms with Crippen LogP contribution in [0.4, 0.5) is 4.79 Å². The van der Waals surface area contributed by atoms with Crippen LogP contribution in [0.1, 0.15) is 26.3 Å². The molecule has 7 atom stereocenters. The highest BCUT2D eigenvalue weighted by molar-refractivity contribution is 6.74. The number of aliphatic hydroxyl groups excluding tert-OH is 1. The van der Waals surface area contributed by atoms with Crippen molar-refractivity contribution >= 4 is 14.5 Å². The molecule has 1 aromatic rings. The second-order valence-electron chi connectivity index (χ2n) is 9.53. The SMILES string of the molecule is CC(C)(C)[Si](C)(C)O[C@H]1[C@@H]2O[C@@H]3O[C@@H]([C@@H](O)[C@@H]1O3)[C@@H]2OC(=O)OCc1ccccc1. The second-order valence-corrected chi connectivity index (χ2v) is 14.3. The topological polar surface area (TPSA) is 92.7 Å². The molecule has 3 heterocycles. The molecule has 8 nitrogen and oxygen atoms in total. The van der Waals surface area contributed by atoms with Gasteiger partial charge in [-0.2, -0.15) is 0 Å². The quantitative estimate of drug-likeness (QED) is 0.554. The number of benzene rings is 1. The number of hydrogen-bond donors (Lipinski definition) is 1. The molecule has 1 N–H and O–H groups in total. The summed E-state index contributed by atoms with van der Waals surface area (Å²) in [7, 11) is -2.21. The van der Waals surface area contributed by atoms with E-state index < -0.39 is 57.6 Å². The molecule has 0 amide bonds. The molecule has 1 saturated carbocycles. The van der Waals surface area contributed by atoms with Crippen LogP contribution in [0.25, 0.3) is 0 Å². The van der Waals surface area contributed by atoms with E-state index in [1.165, 1.54) is 0 Å². The normalized spacial score (nSPS) is 35.3. The van der Waals surface area contributed by atoms with Gasteiger partial charge in [0.05, 0.1) is 0 Å². The van der Waals surface area contributed by atoms with Crippen molar-refractivity contribution in [3.05, 3.63) is 35.9 Å². The summed E-state index contributed by atoms with van der Waals surface area (Å²) < 4.78 is 34.4. The molecule has 3 aliphatic heterocycles. The van der Waals surface area contributed by atoms with E-state index >= 15 is 0 Å². The Kier molecular flexibility index (Phi) is 5.71. The maximum Gasteiger partial charge on any atom is 0.509 e. The molecular weight excluding hydrogens is 408 g/mol. The smallest absolute Gasteiger partial charge is 0.429 e. The summed E-state index contributed by atoms with van der Waals surface area (Å²) in [6.45, 7) is 9.82. The zero-order chi connectivity index (χ0) is 21.7. The third-order valence-electron chi connectivity index (χ3n) is 6.44. The first kappa shape index (κ1) is 21.7. The minimum absolute atomic E-state index is 0.0475. The molecule has 9 heteroatoms. The summed E-state index contributed by atoms with van der Waals surface area (Å²) in [6.07, 6.45) is -5.21. The highest BCUT2D eigenvalue weighted by Gasteiger charge is 2.64. The van der Waals surface area contributed by atoms with Gasteiger partial charge in [-0.05, 0) is 23.7 Å². The first-order chi connectivity index (χ1) is 14.1. The molecule has 0 radical (unpaired) electrons. The van der Waals surface area contributed by atoms with Gasteiger partial charge in [-0.1, -0.05) is 51.1 Å². The lowest BCUT2D eigenvalue weighted by atomic mass is 9.82. The van der Waals surface area contributed by atoms with Gasteiger partial charge in [0, 0.05) is 0 Å². The van der Waals surface area contributed by atoms with Crippen molar-refractivity contribution < 1.29 is 38.0 Å². The van der Waals surface area contributed by atoms with Crippen LogP contribution in [-0.2, 0) is 34.7 Å². The van der Waals surface area contributed by atoms with Gasteiger partial charge in [0.15, 0.2) is 14.4 Å². The first-order valence-electron chi connectivity index (χ1n) is 10.3. The Bertz CT molecular complexity index is 764. The zero-order valence-corrected chi connectivity index (χ0v) is 18.9. The number of hydrogen-bond acceptors (Lipinski definition) is 8. The summed E-state index contributed by atoms with van der Waals surface area (Å²) in [5, 5.41) is 10.7. The van der Waals surface area contributed by atoms with Gasteiger partial charge >= 0.3 is 6.16 Å². The van der Waals surface area contributed by atoms with Crippen molar-refractivity contribution in [1.29, 1.82) is 0 Å². The van der Waals surface area contributed by atoms with Crippen LogP contribution in [0.3, 0.4) is 0 Å².